The Balaban J connectivity index is 2.82. The van der Waals surface area contributed by atoms with E-state index in [1.807, 2.05) is 13.2 Å². The molecule has 0 radical (unpaired) electrons. The summed E-state index contributed by atoms with van der Waals surface area (Å²) in [6.07, 6.45) is 2.79. The highest BCUT2D eigenvalue weighted by molar-refractivity contribution is 9.10. The van der Waals surface area contributed by atoms with Crippen LogP contribution in [0.5, 0.6) is 0 Å². The second kappa shape index (κ2) is 8.16. The largest absolute Gasteiger partial charge is 0.478 e. The van der Waals surface area contributed by atoms with Gasteiger partial charge in [0, 0.05) is 16.3 Å². The van der Waals surface area contributed by atoms with Crippen LogP contribution in [-0.4, -0.2) is 35.2 Å². The first-order chi connectivity index (χ1) is 9.49. The van der Waals surface area contributed by atoms with Crippen LogP contribution in [0.1, 0.15) is 23.7 Å². The Labute approximate surface area is 130 Å². The molecule has 1 aromatic carbocycles. The third-order valence-corrected chi connectivity index (χ3v) is 4.07. The Kier molecular flexibility index (Phi) is 6.87. The third-order valence-electron chi connectivity index (χ3n) is 2.68. The fraction of sp³-hybridized carbons (Fsp3) is 0.385. The summed E-state index contributed by atoms with van der Waals surface area (Å²) in [5.41, 5.74) is 0.309. The van der Waals surface area contributed by atoms with Crippen molar-refractivity contribution in [1.82, 2.24) is 5.32 Å². The number of carboxylic acid groups (broad SMARTS) is 1. The molecule has 0 bridgehead atoms. The van der Waals surface area contributed by atoms with Crippen molar-refractivity contribution < 1.29 is 14.7 Å². The number of para-hydroxylation sites is 1. The van der Waals surface area contributed by atoms with E-state index in [1.54, 1.807) is 23.9 Å². The number of benzene rings is 1. The minimum absolute atomic E-state index is 0.0486. The Hall–Kier alpha value is -1.21. The summed E-state index contributed by atoms with van der Waals surface area (Å²) < 4.78 is 0.533. The third kappa shape index (κ3) is 4.72. The Morgan fingerprint density at radius 3 is 2.70 bits per heavy atom. The van der Waals surface area contributed by atoms with Crippen molar-refractivity contribution in [2.24, 2.45) is 0 Å². The van der Waals surface area contributed by atoms with Crippen molar-refractivity contribution in [1.29, 1.82) is 0 Å². The summed E-state index contributed by atoms with van der Waals surface area (Å²) in [5.74, 6) is -0.274. The molecule has 110 valence electrons. The zero-order chi connectivity index (χ0) is 15.1. The molecule has 0 saturated carbocycles. The number of rotatable bonds is 6. The van der Waals surface area contributed by atoms with Crippen molar-refractivity contribution in [2.45, 2.75) is 19.4 Å². The summed E-state index contributed by atoms with van der Waals surface area (Å²) in [5, 5.41) is 14.5. The van der Waals surface area contributed by atoms with Gasteiger partial charge in [0.05, 0.1) is 11.3 Å². The van der Waals surface area contributed by atoms with E-state index >= 15 is 0 Å². The molecule has 20 heavy (non-hydrogen) atoms. The number of carbonyl (C=O) groups is 2. The van der Waals surface area contributed by atoms with Gasteiger partial charge in [0.25, 0.3) is 0 Å². The second-order valence-electron chi connectivity index (χ2n) is 4.13. The van der Waals surface area contributed by atoms with Crippen LogP contribution in [0.25, 0.3) is 0 Å². The lowest BCUT2D eigenvalue weighted by Crippen LogP contribution is -2.39. The fourth-order valence-corrected chi connectivity index (χ4v) is 2.81. The summed E-state index contributed by atoms with van der Waals surface area (Å²) >= 11 is 4.90. The standard InChI is InChI=1S/C13H17BrN2O3S/c1-3-8(7-20-2)15-13(19)16-11-9(12(17)18)5-4-6-10(11)14/h4-6,8H,3,7H2,1-2H3,(H,17,18)(H2,15,16,19). The molecular formula is C13H17BrN2O3S. The zero-order valence-corrected chi connectivity index (χ0v) is 13.7. The molecule has 0 aliphatic carbocycles. The number of carbonyl (C=O) groups excluding carboxylic acids is 1. The molecule has 0 spiro atoms. The summed E-state index contributed by atoms with van der Waals surface area (Å²) in [6.45, 7) is 1.99. The molecule has 1 rings (SSSR count). The maximum absolute atomic E-state index is 11.9. The molecule has 3 N–H and O–H groups in total. The van der Waals surface area contributed by atoms with Gasteiger partial charge in [-0.1, -0.05) is 13.0 Å². The molecule has 1 atom stereocenters. The first-order valence-corrected chi connectivity index (χ1v) is 8.26. The van der Waals surface area contributed by atoms with Gasteiger partial charge in [0.1, 0.15) is 0 Å². The van der Waals surface area contributed by atoms with E-state index in [1.165, 1.54) is 6.07 Å². The van der Waals surface area contributed by atoms with Crippen molar-refractivity contribution in [3.8, 4) is 0 Å². The van der Waals surface area contributed by atoms with Gasteiger partial charge < -0.3 is 15.7 Å². The average Bonchev–Trinajstić information content (AvgIpc) is 2.40. The predicted octanol–water partition coefficient (Wildman–Crippen LogP) is 3.41. The molecule has 0 aliphatic rings. The van der Waals surface area contributed by atoms with Crippen LogP contribution in [0.2, 0.25) is 0 Å². The van der Waals surface area contributed by atoms with Crippen molar-refractivity contribution in [3.63, 3.8) is 0 Å². The monoisotopic (exact) mass is 360 g/mol. The molecule has 0 aliphatic heterocycles. The zero-order valence-electron chi connectivity index (χ0n) is 11.3. The molecule has 1 aromatic rings. The van der Waals surface area contributed by atoms with Gasteiger partial charge in [-0.15, -0.1) is 0 Å². The van der Waals surface area contributed by atoms with Crippen LogP contribution in [0.3, 0.4) is 0 Å². The minimum atomic E-state index is -1.09. The van der Waals surface area contributed by atoms with Gasteiger partial charge in [-0.2, -0.15) is 11.8 Å². The first-order valence-electron chi connectivity index (χ1n) is 6.07. The quantitative estimate of drug-likeness (QED) is 0.726. The normalized spacial score (nSPS) is 11.8. The lowest BCUT2D eigenvalue weighted by atomic mass is 10.2. The maximum atomic E-state index is 11.9. The van der Waals surface area contributed by atoms with E-state index in [2.05, 4.69) is 26.6 Å². The van der Waals surface area contributed by atoms with Gasteiger partial charge in [-0.25, -0.2) is 9.59 Å². The fourth-order valence-electron chi connectivity index (χ4n) is 1.63. The SMILES string of the molecule is CCC(CSC)NC(=O)Nc1c(Br)cccc1C(=O)O. The molecule has 0 saturated heterocycles. The lowest BCUT2D eigenvalue weighted by Gasteiger charge is -2.17. The number of hydrogen-bond donors (Lipinski definition) is 3. The lowest BCUT2D eigenvalue weighted by molar-refractivity contribution is 0.0698. The second-order valence-corrected chi connectivity index (χ2v) is 5.89. The summed E-state index contributed by atoms with van der Waals surface area (Å²) in [7, 11) is 0. The van der Waals surface area contributed by atoms with Crippen LogP contribution in [0, 0.1) is 0 Å². The van der Waals surface area contributed by atoms with Crippen molar-refractivity contribution in [3.05, 3.63) is 28.2 Å². The van der Waals surface area contributed by atoms with Crippen LogP contribution in [-0.2, 0) is 0 Å². The van der Waals surface area contributed by atoms with E-state index in [-0.39, 0.29) is 17.3 Å². The molecule has 5 nitrogen and oxygen atoms in total. The number of carboxylic acids is 1. The van der Waals surface area contributed by atoms with Crippen LogP contribution in [0.4, 0.5) is 10.5 Å². The maximum Gasteiger partial charge on any atom is 0.337 e. The molecule has 7 heteroatoms. The molecule has 0 fully saturated rings. The number of aromatic carboxylic acids is 1. The van der Waals surface area contributed by atoms with Gasteiger partial charge >= 0.3 is 12.0 Å². The minimum Gasteiger partial charge on any atom is -0.478 e. The number of amides is 2. The highest BCUT2D eigenvalue weighted by Gasteiger charge is 2.16. The van der Waals surface area contributed by atoms with Crippen molar-refractivity contribution >= 4 is 45.4 Å². The number of thioether (sulfide) groups is 1. The number of halogens is 1. The van der Waals surface area contributed by atoms with E-state index in [0.717, 1.165) is 12.2 Å². The van der Waals surface area contributed by atoms with Gasteiger partial charge in [0.2, 0.25) is 0 Å². The number of urea groups is 1. The predicted molar refractivity (Wildman–Crippen MR) is 85.7 cm³/mol. The van der Waals surface area contributed by atoms with Crippen molar-refractivity contribution in [2.75, 3.05) is 17.3 Å². The Morgan fingerprint density at radius 1 is 1.45 bits per heavy atom. The number of hydrogen-bond acceptors (Lipinski definition) is 3. The van der Waals surface area contributed by atoms with Crippen LogP contribution < -0.4 is 10.6 Å². The Morgan fingerprint density at radius 2 is 2.15 bits per heavy atom. The molecule has 1 unspecified atom stereocenters. The molecule has 0 heterocycles. The summed E-state index contributed by atoms with van der Waals surface area (Å²) in [6, 6.07) is 4.39. The van der Waals surface area contributed by atoms with Crippen LogP contribution in [0.15, 0.2) is 22.7 Å². The molecule has 2 amide bonds. The summed E-state index contributed by atoms with van der Waals surface area (Å²) in [4.78, 5) is 23.1. The smallest absolute Gasteiger partial charge is 0.337 e. The highest BCUT2D eigenvalue weighted by Crippen LogP contribution is 2.26. The number of nitrogens with one attached hydrogen (secondary N) is 2. The first kappa shape index (κ1) is 16.8. The van der Waals surface area contributed by atoms with E-state index < -0.39 is 12.0 Å². The number of anilines is 1. The Bertz CT molecular complexity index is 497. The van der Waals surface area contributed by atoms with Gasteiger partial charge in [-0.3, -0.25) is 0 Å². The van der Waals surface area contributed by atoms with Gasteiger partial charge in [-0.05, 0) is 40.7 Å². The van der Waals surface area contributed by atoms with Crippen LogP contribution >= 0.6 is 27.7 Å². The topological polar surface area (TPSA) is 78.4 Å². The average molecular weight is 361 g/mol. The van der Waals surface area contributed by atoms with E-state index in [4.69, 9.17) is 5.11 Å². The van der Waals surface area contributed by atoms with E-state index in [0.29, 0.717) is 4.47 Å². The van der Waals surface area contributed by atoms with Gasteiger partial charge in [0.15, 0.2) is 0 Å². The molecular weight excluding hydrogens is 344 g/mol. The molecule has 0 aromatic heterocycles. The highest BCUT2D eigenvalue weighted by atomic mass is 79.9. The van der Waals surface area contributed by atoms with E-state index in [9.17, 15) is 9.59 Å².